The van der Waals surface area contributed by atoms with Crippen LogP contribution in [-0.4, -0.2) is 48.4 Å². The normalized spacial score (nSPS) is 25.0. The topological polar surface area (TPSA) is 69.6 Å². The van der Waals surface area contributed by atoms with Crippen LogP contribution >= 0.6 is 35.3 Å². The van der Waals surface area contributed by atoms with Gasteiger partial charge in [-0.25, -0.2) is 4.98 Å². The smallest absolute Gasteiger partial charge is 0.220 e. The van der Waals surface area contributed by atoms with Gasteiger partial charge in [-0.3, -0.25) is 9.79 Å². The maximum atomic E-state index is 11.6. The molecule has 1 amide bonds. The number of nitrogens with zero attached hydrogens (tertiary/aromatic N) is 3. The summed E-state index contributed by atoms with van der Waals surface area (Å²) in [4.78, 5) is 22.5. The number of amides is 1. The number of hydrogen-bond donors (Lipinski definition) is 2. The molecule has 2 aliphatic rings. The van der Waals surface area contributed by atoms with Crippen molar-refractivity contribution in [2.45, 2.75) is 25.8 Å². The minimum atomic E-state index is 0. The molecule has 1 aromatic rings. The predicted molar refractivity (Wildman–Crippen MR) is 98.6 cm³/mol. The van der Waals surface area contributed by atoms with Crippen molar-refractivity contribution in [2.75, 3.05) is 26.7 Å². The second-order valence-corrected chi connectivity index (χ2v) is 6.78. The van der Waals surface area contributed by atoms with Crippen molar-refractivity contribution in [3.8, 4) is 0 Å². The molecule has 3 rings (SSSR count). The molecule has 122 valence electrons. The second kappa shape index (κ2) is 7.58. The molecule has 8 heteroatoms. The van der Waals surface area contributed by atoms with Gasteiger partial charge in [-0.1, -0.05) is 0 Å². The van der Waals surface area contributed by atoms with Crippen LogP contribution in [0.25, 0.3) is 0 Å². The molecule has 0 aliphatic carbocycles. The summed E-state index contributed by atoms with van der Waals surface area (Å²) in [6.45, 7) is 3.38. The van der Waals surface area contributed by atoms with Gasteiger partial charge >= 0.3 is 0 Å². The summed E-state index contributed by atoms with van der Waals surface area (Å²) >= 11 is 1.64. The number of guanidine groups is 1. The minimum Gasteiger partial charge on any atom is -0.355 e. The predicted octanol–water partition coefficient (Wildman–Crippen LogP) is 1.44. The molecule has 6 nitrogen and oxygen atoms in total. The molecular formula is C14H22IN5OS. The number of thiazole rings is 1. The highest BCUT2D eigenvalue weighted by atomic mass is 127. The summed E-state index contributed by atoms with van der Waals surface area (Å²) in [6.07, 6.45) is 4.68. The van der Waals surface area contributed by atoms with Crippen LogP contribution in [0.5, 0.6) is 0 Å². The summed E-state index contributed by atoms with van der Waals surface area (Å²) in [5.74, 6) is 1.09. The Bertz CT molecular complexity index is 535. The van der Waals surface area contributed by atoms with Crippen LogP contribution in [0.1, 0.15) is 24.3 Å². The average Bonchev–Trinajstić information content (AvgIpc) is 3.11. The van der Waals surface area contributed by atoms with Crippen LogP contribution in [-0.2, 0) is 11.3 Å². The van der Waals surface area contributed by atoms with E-state index in [0.717, 1.165) is 43.4 Å². The van der Waals surface area contributed by atoms with Gasteiger partial charge in [0.25, 0.3) is 0 Å². The number of hydrogen-bond acceptors (Lipinski definition) is 4. The molecule has 1 unspecified atom stereocenters. The molecule has 1 aromatic heterocycles. The molecule has 2 saturated heterocycles. The van der Waals surface area contributed by atoms with Crippen molar-refractivity contribution in [1.82, 2.24) is 20.5 Å². The SMILES string of the molecule is CN=C(NCc1nccs1)N1CCCC2(CNC(=O)C2)C1.I. The quantitative estimate of drug-likeness (QED) is 0.419. The first-order valence-electron chi connectivity index (χ1n) is 7.31. The monoisotopic (exact) mass is 435 g/mol. The highest BCUT2D eigenvalue weighted by molar-refractivity contribution is 14.0. The Morgan fingerprint density at radius 3 is 3.14 bits per heavy atom. The van der Waals surface area contributed by atoms with Gasteiger partial charge in [0.05, 0.1) is 6.54 Å². The molecule has 1 spiro atoms. The number of carbonyl (C=O) groups is 1. The maximum absolute atomic E-state index is 11.6. The zero-order valence-corrected chi connectivity index (χ0v) is 15.8. The number of nitrogens with one attached hydrogen (secondary N) is 2. The Balaban J connectivity index is 0.00000176. The van der Waals surface area contributed by atoms with E-state index in [4.69, 9.17) is 0 Å². The first-order chi connectivity index (χ1) is 10.2. The van der Waals surface area contributed by atoms with E-state index in [1.54, 1.807) is 11.3 Å². The Labute approximate surface area is 151 Å². The van der Waals surface area contributed by atoms with Crippen molar-refractivity contribution in [3.63, 3.8) is 0 Å². The van der Waals surface area contributed by atoms with Gasteiger partial charge < -0.3 is 15.5 Å². The molecule has 0 bridgehead atoms. The zero-order valence-electron chi connectivity index (χ0n) is 12.7. The fraction of sp³-hybridized carbons (Fsp3) is 0.643. The van der Waals surface area contributed by atoms with Crippen molar-refractivity contribution in [1.29, 1.82) is 0 Å². The molecule has 2 fully saturated rings. The van der Waals surface area contributed by atoms with Gasteiger partial charge in [0.15, 0.2) is 5.96 Å². The third kappa shape index (κ3) is 3.89. The van der Waals surface area contributed by atoms with Crippen LogP contribution in [0.3, 0.4) is 0 Å². The van der Waals surface area contributed by atoms with E-state index < -0.39 is 0 Å². The molecule has 22 heavy (non-hydrogen) atoms. The highest BCUT2D eigenvalue weighted by Gasteiger charge is 2.42. The number of halogens is 1. The summed E-state index contributed by atoms with van der Waals surface area (Å²) in [7, 11) is 1.81. The van der Waals surface area contributed by atoms with Crippen molar-refractivity contribution >= 4 is 47.2 Å². The number of aliphatic imine (C=N–C) groups is 1. The summed E-state index contributed by atoms with van der Waals surface area (Å²) in [5.41, 5.74) is 0.0914. The van der Waals surface area contributed by atoms with E-state index in [2.05, 4.69) is 25.5 Å². The van der Waals surface area contributed by atoms with E-state index in [1.807, 2.05) is 18.6 Å². The van der Waals surface area contributed by atoms with Crippen LogP contribution < -0.4 is 10.6 Å². The maximum Gasteiger partial charge on any atom is 0.220 e. The van der Waals surface area contributed by atoms with Crippen molar-refractivity contribution < 1.29 is 4.79 Å². The van der Waals surface area contributed by atoms with Crippen LogP contribution in [0.2, 0.25) is 0 Å². The zero-order chi connectivity index (χ0) is 14.7. The fourth-order valence-electron chi connectivity index (χ4n) is 3.26. The Kier molecular flexibility index (Phi) is 6.01. The number of rotatable bonds is 2. The van der Waals surface area contributed by atoms with E-state index in [1.165, 1.54) is 0 Å². The minimum absolute atomic E-state index is 0. The van der Waals surface area contributed by atoms with Crippen molar-refractivity contribution in [3.05, 3.63) is 16.6 Å². The number of carbonyl (C=O) groups excluding carboxylic acids is 1. The fourth-order valence-corrected chi connectivity index (χ4v) is 3.81. The van der Waals surface area contributed by atoms with Gasteiger partial charge in [-0.05, 0) is 12.8 Å². The molecule has 1 atom stereocenters. The third-order valence-electron chi connectivity index (χ3n) is 4.25. The van der Waals surface area contributed by atoms with Gasteiger partial charge in [0, 0.05) is 50.1 Å². The summed E-state index contributed by atoms with van der Waals surface area (Å²) in [6, 6.07) is 0. The standard InChI is InChI=1S/C14H21N5OS.HI/c1-15-13(17-8-12-16-4-6-21-12)19-5-2-3-14(10-19)7-11(20)18-9-14;/h4,6H,2-3,5,7-10H2,1H3,(H,15,17)(H,18,20);1H. The van der Waals surface area contributed by atoms with Crippen molar-refractivity contribution in [2.24, 2.45) is 10.4 Å². The van der Waals surface area contributed by atoms with Crippen LogP contribution in [0.15, 0.2) is 16.6 Å². The van der Waals surface area contributed by atoms with Gasteiger partial charge in [0.2, 0.25) is 5.91 Å². The molecule has 2 aliphatic heterocycles. The van der Waals surface area contributed by atoms with E-state index >= 15 is 0 Å². The van der Waals surface area contributed by atoms with Gasteiger partial charge in [-0.2, -0.15) is 0 Å². The highest BCUT2D eigenvalue weighted by Crippen LogP contribution is 2.35. The Hall–Kier alpha value is -0.900. The Morgan fingerprint density at radius 2 is 2.50 bits per heavy atom. The first kappa shape index (κ1) is 17.5. The Morgan fingerprint density at radius 1 is 1.64 bits per heavy atom. The average molecular weight is 435 g/mol. The lowest BCUT2D eigenvalue weighted by Crippen LogP contribution is -2.51. The largest absolute Gasteiger partial charge is 0.355 e. The van der Waals surface area contributed by atoms with E-state index in [0.29, 0.717) is 13.0 Å². The molecule has 2 N–H and O–H groups in total. The first-order valence-corrected chi connectivity index (χ1v) is 8.19. The molecule has 0 radical (unpaired) electrons. The van der Waals surface area contributed by atoms with Gasteiger partial charge in [0.1, 0.15) is 5.01 Å². The number of likely N-dealkylation sites (tertiary alicyclic amines) is 1. The summed E-state index contributed by atoms with van der Waals surface area (Å²) in [5, 5.41) is 9.39. The molecule has 3 heterocycles. The lowest BCUT2D eigenvalue weighted by Gasteiger charge is -2.40. The number of aromatic nitrogens is 1. The lowest BCUT2D eigenvalue weighted by atomic mass is 9.79. The van der Waals surface area contributed by atoms with E-state index in [-0.39, 0.29) is 35.3 Å². The second-order valence-electron chi connectivity index (χ2n) is 5.81. The van der Waals surface area contributed by atoms with Crippen LogP contribution in [0, 0.1) is 5.41 Å². The summed E-state index contributed by atoms with van der Waals surface area (Å²) < 4.78 is 0. The van der Waals surface area contributed by atoms with Crippen LogP contribution in [0.4, 0.5) is 0 Å². The molecule has 0 saturated carbocycles. The molecule has 0 aromatic carbocycles. The van der Waals surface area contributed by atoms with E-state index in [9.17, 15) is 4.79 Å². The molecular weight excluding hydrogens is 413 g/mol. The number of piperidine rings is 1. The third-order valence-corrected chi connectivity index (χ3v) is 5.03. The lowest BCUT2D eigenvalue weighted by molar-refractivity contribution is -0.119. The van der Waals surface area contributed by atoms with Gasteiger partial charge in [-0.15, -0.1) is 35.3 Å².